The average Bonchev–Trinajstić information content (AvgIpc) is 3.34. The molecule has 0 saturated carbocycles. The first kappa shape index (κ1) is 17.2. The summed E-state index contributed by atoms with van der Waals surface area (Å²) in [6, 6.07) is 5.66. The summed E-state index contributed by atoms with van der Waals surface area (Å²) in [6.45, 7) is 2.14. The van der Waals surface area contributed by atoms with E-state index in [4.69, 9.17) is 0 Å². The SMILES string of the molecule is CCCc1nnsc1C(=O)NCC(O)(c1ccsc1)c1cccs1. The maximum atomic E-state index is 12.5. The van der Waals surface area contributed by atoms with Gasteiger partial charge in [-0.25, -0.2) is 0 Å². The third kappa shape index (κ3) is 3.41. The van der Waals surface area contributed by atoms with Crippen molar-refractivity contribution in [2.45, 2.75) is 25.4 Å². The Morgan fingerprint density at radius 1 is 1.38 bits per heavy atom. The monoisotopic (exact) mass is 379 g/mol. The summed E-state index contributed by atoms with van der Waals surface area (Å²) in [4.78, 5) is 13.8. The maximum absolute atomic E-state index is 12.5. The van der Waals surface area contributed by atoms with E-state index in [9.17, 15) is 9.90 Å². The summed E-state index contributed by atoms with van der Waals surface area (Å²) in [5, 5.41) is 23.8. The van der Waals surface area contributed by atoms with Gasteiger partial charge in [0.05, 0.1) is 12.2 Å². The molecule has 0 aliphatic carbocycles. The molecule has 0 radical (unpaired) electrons. The van der Waals surface area contributed by atoms with E-state index < -0.39 is 5.60 Å². The molecular formula is C16H17N3O2S3. The van der Waals surface area contributed by atoms with Crippen LogP contribution in [0.1, 0.15) is 39.2 Å². The second-order valence-corrected chi connectivity index (χ2v) is 7.81. The molecule has 0 aromatic carbocycles. The number of carbonyl (C=O) groups excluding carboxylic acids is 1. The lowest BCUT2D eigenvalue weighted by atomic mass is 9.94. The van der Waals surface area contributed by atoms with Gasteiger partial charge in [-0.05, 0) is 46.2 Å². The summed E-state index contributed by atoms with van der Waals surface area (Å²) in [7, 11) is 0. The maximum Gasteiger partial charge on any atom is 0.265 e. The van der Waals surface area contributed by atoms with Gasteiger partial charge in [0.25, 0.3) is 5.91 Å². The number of carbonyl (C=O) groups is 1. The highest BCUT2D eigenvalue weighted by molar-refractivity contribution is 7.10. The third-order valence-corrected chi connectivity index (χ3v) is 6.15. The number of nitrogens with one attached hydrogen (secondary N) is 1. The van der Waals surface area contributed by atoms with Gasteiger partial charge in [-0.1, -0.05) is 23.9 Å². The number of nitrogens with zero attached hydrogens (tertiary/aromatic N) is 2. The van der Waals surface area contributed by atoms with E-state index in [0.29, 0.717) is 4.88 Å². The Kier molecular flexibility index (Phi) is 5.40. The van der Waals surface area contributed by atoms with E-state index in [1.165, 1.54) is 22.7 Å². The van der Waals surface area contributed by atoms with Crippen molar-refractivity contribution in [3.05, 3.63) is 55.4 Å². The Bertz CT molecular complexity index is 747. The van der Waals surface area contributed by atoms with Crippen molar-refractivity contribution < 1.29 is 9.90 Å². The average molecular weight is 380 g/mol. The highest BCUT2D eigenvalue weighted by Gasteiger charge is 2.34. The molecule has 3 rings (SSSR count). The largest absolute Gasteiger partial charge is 0.378 e. The van der Waals surface area contributed by atoms with Gasteiger partial charge >= 0.3 is 0 Å². The normalized spacial score (nSPS) is 13.6. The number of hydrogen-bond donors (Lipinski definition) is 2. The summed E-state index contributed by atoms with van der Waals surface area (Å²) >= 11 is 4.08. The van der Waals surface area contributed by atoms with Crippen LogP contribution >= 0.6 is 34.2 Å². The molecule has 0 bridgehead atoms. The highest BCUT2D eigenvalue weighted by Crippen LogP contribution is 2.33. The molecule has 0 aliphatic rings. The van der Waals surface area contributed by atoms with Gasteiger partial charge in [0.2, 0.25) is 0 Å². The first-order chi connectivity index (χ1) is 11.6. The van der Waals surface area contributed by atoms with Gasteiger partial charge < -0.3 is 10.4 Å². The Morgan fingerprint density at radius 2 is 2.25 bits per heavy atom. The number of thiophene rings is 2. The van der Waals surface area contributed by atoms with Crippen LogP contribution in [0, 0.1) is 0 Å². The fraction of sp³-hybridized carbons (Fsp3) is 0.312. The molecule has 0 fully saturated rings. The minimum absolute atomic E-state index is 0.104. The van der Waals surface area contributed by atoms with Crippen LogP contribution < -0.4 is 5.32 Å². The Labute approximate surface area is 152 Å². The Hall–Kier alpha value is -1.61. The fourth-order valence-electron chi connectivity index (χ4n) is 2.42. The molecule has 3 heterocycles. The minimum Gasteiger partial charge on any atom is -0.378 e. The first-order valence-electron chi connectivity index (χ1n) is 7.53. The summed E-state index contributed by atoms with van der Waals surface area (Å²) < 4.78 is 3.88. The minimum atomic E-state index is -1.23. The number of rotatable bonds is 7. The van der Waals surface area contributed by atoms with Crippen molar-refractivity contribution in [1.82, 2.24) is 14.9 Å². The quantitative estimate of drug-likeness (QED) is 0.661. The predicted octanol–water partition coefficient (Wildman–Crippen LogP) is 3.28. The molecule has 1 unspecified atom stereocenters. The number of aryl methyl sites for hydroxylation is 1. The third-order valence-electron chi connectivity index (χ3n) is 3.68. The highest BCUT2D eigenvalue weighted by atomic mass is 32.1. The lowest BCUT2D eigenvalue weighted by molar-refractivity contribution is 0.0722. The van der Waals surface area contributed by atoms with E-state index in [1.807, 2.05) is 41.3 Å². The van der Waals surface area contributed by atoms with Crippen LogP contribution in [0.4, 0.5) is 0 Å². The van der Waals surface area contributed by atoms with Crippen molar-refractivity contribution in [2.75, 3.05) is 6.54 Å². The van der Waals surface area contributed by atoms with E-state index >= 15 is 0 Å². The lowest BCUT2D eigenvalue weighted by Gasteiger charge is -2.26. The van der Waals surface area contributed by atoms with Gasteiger partial charge in [0.15, 0.2) is 0 Å². The second-order valence-electron chi connectivity index (χ2n) is 5.33. The lowest BCUT2D eigenvalue weighted by Crippen LogP contribution is -2.41. The number of amides is 1. The zero-order valence-electron chi connectivity index (χ0n) is 13.1. The van der Waals surface area contributed by atoms with Crippen LogP contribution in [0.25, 0.3) is 0 Å². The first-order valence-corrected chi connectivity index (χ1v) is 10.1. The number of aromatic nitrogens is 2. The molecular weight excluding hydrogens is 362 g/mol. The fourth-order valence-corrected chi connectivity index (χ4v) is 4.61. The molecule has 5 nitrogen and oxygen atoms in total. The zero-order chi connectivity index (χ0) is 17.0. The Morgan fingerprint density at radius 3 is 2.92 bits per heavy atom. The molecule has 2 N–H and O–H groups in total. The summed E-state index contributed by atoms with van der Waals surface area (Å²) in [6.07, 6.45) is 1.62. The van der Waals surface area contributed by atoms with Crippen molar-refractivity contribution in [2.24, 2.45) is 0 Å². The smallest absolute Gasteiger partial charge is 0.265 e. The van der Waals surface area contributed by atoms with E-state index in [-0.39, 0.29) is 12.5 Å². The second kappa shape index (κ2) is 7.52. The van der Waals surface area contributed by atoms with Gasteiger partial charge in [-0.2, -0.15) is 11.3 Å². The summed E-state index contributed by atoms with van der Waals surface area (Å²) in [5.74, 6) is -0.237. The van der Waals surface area contributed by atoms with Crippen LogP contribution in [0.5, 0.6) is 0 Å². The van der Waals surface area contributed by atoms with Gasteiger partial charge in [0, 0.05) is 10.4 Å². The molecule has 8 heteroatoms. The Balaban J connectivity index is 1.79. The van der Waals surface area contributed by atoms with Crippen molar-refractivity contribution >= 4 is 40.1 Å². The molecule has 0 saturated heterocycles. The molecule has 0 aliphatic heterocycles. The number of aliphatic hydroxyl groups is 1. The molecule has 3 aromatic rings. The van der Waals surface area contributed by atoms with Gasteiger partial charge in [-0.3, -0.25) is 4.79 Å². The molecule has 0 spiro atoms. The molecule has 126 valence electrons. The zero-order valence-corrected chi connectivity index (χ0v) is 15.5. The standard InChI is InChI=1S/C16H17N3O2S3/c1-2-4-12-14(24-19-18-12)15(20)17-10-16(21,11-6-8-22-9-11)13-5-3-7-23-13/h3,5-9,21H,2,4,10H2,1H3,(H,17,20). The molecule has 24 heavy (non-hydrogen) atoms. The van der Waals surface area contributed by atoms with Gasteiger partial charge in [0.1, 0.15) is 10.5 Å². The topological polar surface area (TPSA) is 75.1 Å². The van der Waals surface area contributed by atoms with Crippen molar-refractivity contribution in [1.29, 1.82) is 0 Å². The van der Waals surface area contributed by atoms with E-state index in [2.05, 4.69) is 14.9 Å². The van der Waals surface area contributed by atoms with E-state index in [1.54, 1.807) is 0 Å². The van der Waals surface area contributed by atoms with Crippen LogP contribution in [0.15, 0.2) is 34.3 Å². The van der Waals surface area contributed by atoms with Gasteiger partial charge in [-0.15, -0.1) is 16.4 Å². The van der Waals surface area contributed by atoms with Crippen molar-refractivity contribution in [3.8, 4) is 0 Å². The van der Waals surface area contributed by atoms with Crippen LogP contribution in [0.3, 0.4) is 0 Å². The molecule has 3 aromatic heterocycles. The molecule has 1 atom stereocenters. The van der Waals surface area contributed by atoms with Crippen molar-refractivity contribution in [3.63, 3.8) is 0 Å². The summed E-state index contributed by atoms with van der Waals surface area (Å²) in [5.41, 5.74) is 0.272. The predicted molar refractivity (Wildman–Crippen MR) is 97.9 cm³/mol. The van der Waals surface area contributed by atoms with Crippen LogP contribution in [-0.2, 0) is 12.0 Å². The van der Waals surface area contributed by atoms with Crippen LogP contribution in [-0.4, -0.2) is 27.1 Å². The van der Waals surface area contributed by atoms with Crippen LogP contribution in [0.2, 0.25) is 0 Å². The molecule has 1 amide bonds. The van der Waals surface area contributed by atoms with E-state index in [0.717, 1.165) is 40.5 Å². The number of hydrogen-bond acceptors (Lipinski definition) is 7.